The second-order valence-electron chi connectivity index (χ2n) is 5.09. The van der Waals surface area contributed by atoms with Crippen LogP contribution in [0.5, 0.6) is 0 Å². The minimum atomic E-state index is 0.175. The monoisotopic (exact) mass is 277 g/mol. The maximum atomic E-state index is 6.23. The van der Waals surface area contributed by atoms with E-state index in [4.69, 9.17) is 5.73 Å². The molecule has 1 aromatic heterocycles. The maximum Gasteiger partial charge on any atom is 0.111 e. The van der Waals surface area contributed by atoms with Gasteiger partial charge in [0.2, 0.25) is 0 Å². The van der Waals surface area contributed by atoms with Crippen molar-refractivity contribution in [1.29, 1.82) is 0 Å². The highest BCUT2D eigenvalue weighted by molar-refractivity contribution is 7.99. The molecule has 0 amide bonds. The van der Waals surface area contributed by atoms with E-state index < -0.39 is 0 Å². The standard InChI is InChI=1S/C15H23N3S/c1-4-11(2)19-10-12(16)9-15-17-13-7-5-6-8-14(13)18(15)3/h5-8,11-12H,4,9-10,16H2,1-3H3. The molecule has 2 N–H and O–H groups in total. The van der Waals surface area contributed by atoms with E-state index in [1.165, 1.54) is 11.9 Å². The Labute approximate surface area is 119 Å². The molecule has 4 heteroatoms. The zero-order chi connectivity index (χ0) is 13.8. The first-order valence-corrected chi connectivity index (χ1v) is 7.94. The molecule has 2 unspecified atom stereocenters. The number of imidazole rings is 1. The van der Waals surface area contributed by atoms with Crippen LogP contribution in [0.1, 0.15) is 26.1 Å². The van der Waals surface area contributed by atoms with Gasteiger partial charge in [-0.2, -0.15) is 11.8 Å². The highest BCUT2D eigenvalue weighted by atomic mass is 32.2. The van der Waals surface area contributed by atoms with E-state index >= 15 is 0 Å². The summed E-state index contributed by atoms with van der Waals surface area (Å²) >= 11 is 1.95. The lowest BCUT2D eigenvalue weighted by molar-refractivity contribution is 0.683. The third-order valence-electron chi connectivity index (χ3n) is 3.49. The van der Waals surface area contributed by atoms with Gasteiger partial charge in [0.05, 0.1) is 11.0 Å². The molecule has 2 atom stereocenters. The fourth-order valence-corrected chi connectivity index (χ4v) is 3.01. The fourth-order valence-electron chi connectivity index (χ4n) is 2.08. The molecule has 0 aliphatic heterocycles. The summed E-state index contributed by atoms with van der Waals surface area (Å²) in [6, 6.07) is 8.41. The van der Waals surface area contributed by atoms with Gasteiger partial charge >= 0.3 is 0 Å². The van der Waals surface area contributed by atoms with Gasteiger partial charge in [-0.3, -0.25) is 0 Å². The van der Waals surface area contributed by atoms with Gasteiger partial charge in [-0.15, -0.1) is 0 Å². The minimum absolute atomic E-state index is 0.175. The van der Waals surface area contributed by atoms with E-state index in [0.29, 0.717) is 5.25 Å². The molecular formula is C15H23N3S. The number of nitrogens with zero attached hydrogens (tertiary/aromatic N) is 2. The molecule has 1 heterocycles. The number of hydrogen-bond donors (Lipinski definition) is 1. The molecule has 19 heavy (non-hydrogen) atoms. The van der Waals surface area contributed by atoms with Crippen LogP contribution >= 0.6 is 11.8 Å². The summed E-state index contributed by atoms with van der Waals surface area (Å²) in [5.74, 6) is 2.08. The number of rotatable bonds is 6. The molecule has 3 nitrogen and oxygen atoms in total. The first-order valence-electron chi connectivity index (χ1n) is 6.89. The lowest BCUT2D eigenvalue weighted by Crippen LogP contribution is -2.27. The smallest absolute Gasteiger partial charge is 0.111 e. The number of fused-ring (bicyclic) bond motifs is 1. The Balaban J connectivity index is 2.02. The van der Waals surface area contributed by atoms with Crippen molar-refractivity contribution in [2.75, 3.05) is 5.75 Å². The number of hydrogen-bond acceptors (Lipinski definition) is 3. The molecule has 0 saturated heterocycles. The van der Waals surface area contributed by atoms with Gasteiger partial charge in [0.15, 0.2) is 0 Å². The number of benzene rings is 1. The molecule has 104 valence electrons. The summed E-state index contributed by atoms with van der Waals surface area (Å²) in [7, 11) is 2.07. The fraction of sp³-hybridized carbons (Fsp3) is 0.533. The van der Waals surface area contributed by atoms with Gasteiger partial charge in [-0.05, 0) is 18.6 Å². The lowest BCUT2D eigenvalue weighted by atomic mass is 10.2. The number of aryl methyl sites for hydroxylation is 1. The van der Waals surface area contributed by atoms with E-state index in [1.807, 2.05) is 23.9 Å². The van der Waals surface area contributed by atoms with E-state index in [9.17, 15) is 0 Å². The highest BCUT2D eigenvalue weighted by Gasteiger charge is 2.12. The van der Waals surface area contributed by atoms with Gasteiger partial charge in [0.1, 0.15) is 5.82 Å². The molecule has 0 fully saturated rings. The summed E-state index contributed by atoms with van der Waals surface area (Å²) in [6.07, 6.45) is 2.04. The average molecular weight is 277 g/mol. The Morgan fingerprint density at radius 2 is 2.11 bits per heavy atom. The van der Waals surface area contributed by atoms with Crippen molar-refractivity contribution in [2.45, 2.75) is 38.0 Å². The van der Waals surface area contributed by atoms with Gasteiger partial charge in [-0.25, -0.2) is 4.98 Å². The van der Waals surface area contributed by atoms with Gasteiger partial charge in [-0.1, -0.05) is 26.0 Å². The summed E-state index contributed by atoms with van der Waals surface area (Å²) < 4.78 is 2.16. The van der Waals surface area contributed by atoms with Crippen LogP contribution in [0.4, 0.5) is 0 Å². The van der Waals surface area contributed by atoms with Crippen LogP contribution in [0.3, 0.4) is 0 Å². The molecule has 0 aliphatic carbocycles. The lowest BCUT2D eigenvalue weighted by Gasteiger charge is -2.14. The summed E-state index contributed by atoms with van der Waals surface area (Å²) in [5, 5.41) is 0.687. The molecule has 0 aliphatic rings. The molecule has 0 saturated carbocycles. The second kappa shape index (κ2) is 6.44. The minimum Gasteiger partial charge on any atom is -0.331 e. The Morgan fingerprint density at radius 3 is 2.79 bits per heavy atom. The Kier molecular flexibility index (Phi) is 4.88. The zero-order valence-corrected chi connectivity index (χ0v) is 12.8. The number of nitrogens with two attached hydrogens (primary N) is 1. The quantitative estimate of drug-likeness (QED) is 0.883. The largest absolute Gasteiger partial charge is 0.331 e. The third-order valence-corrected chi connectivity index (χ3v) is 5.02. The zero-order valence-electron chi connectivity index (χ0n) is 12.0. The van der Waals surface area contributed by atoms with Crippen LogP contribution in [-0.2, 0) is 13.5 Å². The van der Waals surface area contributed by atoms with Crippen molar-refractivity contribution in [3.05, 3.63) is 30.1 Å². The summed E-state index contributed by atoms with van der Waals surface area (Å²) in [5.41, 5.74) is 8.46. The third kappa shape index (κ3) is 3.51. The molecule has 2 rings (SSSR count). The summed E-state index contributed by atoms with van der Waals surface area (Å²) in [4.78, 5) is 4.67. The Morgan fingerprint density at radius 1 is 1.37 bits per heavy atom. The van der Waals surface area contributed by atoms with Gasteiger partial charge < -0.3 is 10.3 Å². The molecule has 1 aromatic carbocycles. The van der Waals surface area contributed by atoms with Crippen molar-refractivity contribution in [3.63, 3.8) is 0 Å². The topological polar surface area (TPSA) is 43.8 Å². The molecule has 0 spiro atoms. The Bertz CT molecular complexity index is 535. The van der Waals surface area contributed by atoms with Crippen molar-refractivity contribution >= 4 is 22.8 Å². The van der Waals surface area contributed by atoms with Crippen LogP contribution < -0.4 is 5.73 Å². The van der Waals surface area contributed by atoms with Crippen LogP contribution in [0.25, 0.3) is 11.0 Å². The molecule has 0 bridgehead atoms. The first kappa shape index (κ1) is 14.4. The number of aromatic nitrogens is 2. The van der Waals surface area contributed by atoms with E-state index in [-0.39, 0.29) is 6.04 Å². The maximum absolute atomic E-state index is 6.23. The van der Waals surface area contributed by atoms with E-state index in [1.54, 1.807) is 0 Å². The van der Waals surface area contributed by atoms with Crippen LogP contribution in [-0.4, -0.2) is 26.6 Å². The van der Waals surface area contributed by atoms with Crippen LogP contribution in [0, 0.1) is 0 Å². The van der Waals surface area contributed by atoms with Crippen LogP contribution in [0.15, 0.2) is 24.3 Å². The SMILES string of the molecule is CCC(C)SCC(N)Cc1nc2ccccc2n1C. The molecule has 2 aromatic rings. The predicted molar refractivity (Wildman–Crippen MR) is 84.6 cm³/mol. The van der Waals surface area contributed by atoms with Gasteiger partial charge in [0.25, 0.3) is 0 Å². The first-order chi connectivity index (χ1) is 9.11. The van der Waals surface area contributed by atoms with E-state index in [2.05, 4.69) is 42.6 Å². The molecular weight excluding hydrogens is 254 g/mol. The van der Waals surface area contributed by atoms with Gasteiger partial charge in [0, 0.05) is 30.5 Å². The molecule has 0 radical (unpaired) electrons. The van der Waals surface area contributed by atoms with Crippen molar-refractivity contribution < 1.29 is 0 Å². The van der Waals surface area contributed by atoms with Crippen molar-refractivity contribution in [1.82, 2.24) is 9.55 Å². The predicted octanol–water partition coefficient (Wildman–Crippen LogP) is 2.97. The summed E-state index contributed by atoms with van der Waals surface area (Å²) in [6.45, 7) is 4.47. The number of para-hydroxylation sites is 2. The van der Waals surface area contributed by atoms with Crippen molar-refractivity contribution in [2.24, 2.45) is 12.8 Å². The second-order valence-corrected chi connectivity index (χ2v) is 6.56. The van der Waals surface area contributed by atoms with E-state index in [0.717, 1.165) is 23.5 Å². The highest BCUT2D eigenvalue weighted by Crippen LogP contribution is 2.18. The van der Waals surface area contributed by atoms with Crippen molar-refractivity contribution in [3.8, 4) is 0 Å². The normalized spacial score (nSPS) is 14.7. The Hall–Kier alpha value is -1.00. The average Bonchev–Trinajstić information content (AvgIpc) is 2.73. The van der Waals surface area contributed by atoms with Crippen LogP contribution in [0.2, 0.25) is 0 Å². The number of thioether (sulfide) groups is 1.